The number of likely N-dealkylation sites (tertiary alicyclic amines) is 2. The van der Waals surface area contributed by atoms with Crippen LogP contribution >= 0.6 is 0 Å². The van der Waals surface area contributed by atoms with Crippen molar-refractivity contribution in [3.63, 3.8) is 0 Å². The number of amides is 1. The van der Waals surface area contributed by atoms with Crippen molar-refractivity contribution in [1.82, 2.24) is 43.8 Å². The number of rotatable bonds is 10. The lowest BCUT2D eigenvalue weighted by molar-refractivity contribution is -0.129. The van der Waals surface area contributed by atoms with E-state index in [1.165, 1.54) is 123 Å². The van der Waals surface area contributed by atoms with Crippen LogP contribution in [0.15, 0.2) is 183 Å². The Bertz CT molecular complexity index is 3280. The zero-order valence-electron chi connectivity index (χ0n) is 51.7. The van der Waals surface area contributed by atoms with Crippen molar-refractivity contribution in [2.45, 2.75) is 112 Å². The number of nitrogens with one attached hydrogen (secondary N) is 1. The molecule has 83 heavy (non-hydrogen) atoms. The Morgan fingerprint density at radius 2 is 0.711 bits per heavy atom. The first-order valence-corrected chi connectivity index (χ1v) is 30.9. The van der Waals surface area contributed by atoms with Crippen LogP contribution in [0.1, 0.15) is 129 Å². The third-order valence-corrected chi connectivity index (χ3v) is 16.5. The fourth-order valence-electron chi connectivity index (χ4n) is 12.3. The summed E-state index contributed by atoms with van der Waals surface area (Å²) in [4.78, 5) is 28.7. The van der Waals surface area contributed by atoms with Gasteiger partial charge in [-0.3, -0.25) is 19.7 Å². The molecule has 0 atom stereocenters. The molecule has 1 amide bonds. The highest BCUT2D eigenvalue weighted by molar-refractivity contribution is 5.85. The van der Waals surface area contributed by atoms with Gasteiger partial charge in [0, 0.05) is 130 Å². The molecule has 0 bridgehead atoms. The number of hydrogen-bond donors (Lipinski definition) is 1. The number of carbonyl (C=O) groups is 1. The minimum atomic E-state index is 0.183. The summed E-state index contributed by atoms with van der Waals surface area (Å²) in [6.45, 7) is 23.4. The maximum Gasteiger partial charge on any atom is 0.219 e. The quantitative estimate of drug-likeness (QED) is 0.147. The first-order valence-electron chi connectivity index (χ1n) is 30.9. The molecule has 0 unspecified atom stereocenters. The molecular weight excluding hydrogens is 1020 g/mol. The van der Waals surface area contributed by atoms with Crippen LogP contribution in [0.5, 0.6) is 0 Å². The molecule has 436 valence electrons. The summed E-state index contributed by atoms with van der Waals surface area (Å²) in [5.41, 5.74) is 19.4. The van der Waals surface area contributed by atoms with Gasteiger partial charge in [0.25, 0.3) is 0 Å². The molecule has 9 heterocycles. The van der Waals surface area contributed by atoms with Crippen LogP contribution in [0.2, 0.25) is 0 Å². The monoisotopic (exact) mass is 1110 g/mol. The molecule has 3 aliphatic heterocycles. The molecule has 9 aromatic rings. The van der Waals surface area contributed by atoms with Gasteiger partial charge in [-0.15, -0.1) is 0 Å². The highest BCUT2D eigenvalue weighted by Crippen LogP contribution is 2.42. The molecule has 3 fully saturated rings. The number of nitrogens with zero attached hydrogens (tertiary/aromatic N) is 8. The summed E-state index contributed by atoms with van der Waals surface area (Å²) in [5, 5.41) is 3.47. The number of aromatic nitrogens is 6. The predicted molar refractivity (Wildman–Crippen MR) is 349 cm³/mol. The van der Waals surface area contributed by atoms with Gasteiger partial charge in [-0.25, -0.2) is 0 Å². The molecule has 3 saturated heterocycles. The van der Waals surface area contributed by atoms with Crippen LogP contribution in [0, 0.1) is 0 Å². The van der Waals surface area contributed by atoms with Gasteiger partial charge < -0.3 is 28.8 Å². The van der Waals surface area contributed by atoms with Crippen LogP contribution in [-0.2, 0) is 25.9 Å². The zero-order valence-corrected chi connectivity index (χ0v) is 51.7. The lowest BCUT2D eigenvalue weighted by atomic mass is 9.92. The van der Waals surface area contributed by atoms with E-state index >= 15 is 0 Å². The van der Waals surface area contributed by atoms with E-state index in [9.17, 15) is 4.79 Å². The van der Waals surface area contributed by atoms with Gasteiger partial charge >= 0.3 is 0 Å². The van der Waals surface area contributed by atoms with Crippen molar-refractivity contribution < 1.29 is 4.79 Å². The molecule has 1 N–H and O–H groups in total. The minimum absolute atomic E-state index is 0.183. The van der Waals surface area contributed by atoms with Crippen LogP contribution in [0.25, 0.3) is 67.2 Å². The van der Waals surface area contributed by atoms with Crippen molar-refractivity contribution >= 4 is 5.91 Å². The van der Waals surface area contributed by atoms with Crippen molar-refractivity contribution in [3.05, 3.63) is 200 Å². The molecule has 0 spiro atoms. The van der Waals surface area contributed by atoms with Crippen molar-refractivity contribution in [2.75, 3.05) is 45.8 Å². The normalized spacial score (nSPS) is 14.7. The van der Waals surface area contributed by atoms with Gasteiger partial charge in [0.15, 0.2) is 0 Å². The van der Waals surface area contributed by atoms with Gasteiger partial charge in [-0.1, -0.05) is 139 Å². The van der Waals surface area contributed by atoms with Gasteiger partial charge in [0.2, 0.25) is 5.91 Å². The summed E-state index contributed by atoms with van der Waals surface area (Å²) in [5.74, 6) is 1.93. The number of hydrogen-bond acceptors (Lipinski definition) is 6. The molecule has 10 nitrogen and oxygen atoms in total. The number of carbonyl (C=O) groups excluding carboxylic acids is 1. The summed E-state index contributed by atoms with van der Waals surface area (Å²) >= 11 is 0. The summed E-state index contributed by atoms with van der Waals surface area (Å²) in [6, 6.07) is 51.8. The molecule has 0 saturated carbocycles. The molecule has 0 aliphatic carbocycles. The van der Waals surface area contributed by atoms with E-state index in [0.717, 1.165) is 45.6 Å². The lowest BCUT2D eigenvalue weighted by Gasteiger charge is -2.31. The molecule has 3 aliphatic rings. The summed E-state index contributed by atoms with van der Waals surface area (Å²) in [7, 11) is 6.61. The SMILES string of the molecule is CC.CC.CC.CC(=O)N1CCC(c2cc(-c3ccncc3)c(-c3ccccc3)n2C)CC1.CCN1CCC(c2cc(-c3ccncc3)c(-c3ccccc3)n2C)CC1.Cn1c(C2CCNCC2)cc(-c2ccncc2)c1-c1ccccc1. The average Bonchev–Trinajstić information content (AvgIpc) is 4.43. The van der Waals surface area contributed by atoms with E-state index in [0.29, 0.717) is 17.8 Å². The molecule has 0 radical (unpaired) electrons. The van der Waals surface area contributed by atoms with E-state index in [1.807, 2.05) is 83.6 Å². The fraction of sp³-hybridized carbons (Fsp3) is 0.370. The molecule has 12 rings (SSSR count). The fourth-order valence-corrected chi connectivity index (χ4v) is 12.3. The highest BCUT2D eigenvalue weighted by atomic mass is 16.2. The second-order valence-corrected chi connectivity index (χ2v) is 21.0. The van der Waals surface area contributed by atoms with Crippen molar-refractivity contribution in [2.24, 2.45) is 21.1 Å². The van der Waals surface area contributed by atoms with Gasteiger partial charge in [0.05, 0.1) is 17.1 Å². The molecule has 6 aromatic heterocycles. The lowest BCUT2D eigenvalue weighted by Crippen LogP contribution is -2.36. The smallest absolute Gasteiger partial charge is 0.219 e. The van der Waals surface area contributed by atoms with Crippen LogP contribution in [-0.4, -0.2) is 90.2 Å². The van der Waals surface area contributed by atoms with E-state index in [2.05, 4.69) is 213 Å². The first kappa shape index (κ1) is 62.9. The largest absolute Gasteiger partial charge is 0.347 e. The minimum Gasteiger partial charge on any atom is -0.347 e. The Balaban J connectivity index is 0.000000171. The number of piperidine rings is 3. The van der Waals surface area contributed by atoms with Crippen molar-refractivity contribution in [1.29, 1.82) is 0 Å². The summed E-state index contributed by atoms with van der Waals surface area (Å²) in [6.07, 6.45) is 18.2. The predicted octanol–water partition coefficient (Wildman–Crippen LogP) is 16.7. The van der Waals surface area contributed by atoms with Crippen molar-refractivity contribution in [3.8, 4) is 67.2 Å². The zero-order chi connectivity index (χ0) is 59.1. The number of pyridine rings is 3. The number of benzene rings is 3. The standard InChI is InChI=1S/C23H25N3O.C23H27N3.C21H23N3.3C2H6/c1-17(27)26-14-10-19(11-15-26)22-16-21(18-8-12-24-13-9-18)23(25(22)2)20-6-4-3-5-7-20;1-3-26-15-11-19(12-16-26)22-17-21(18-9-13-24-14-10-18)23(25(22)2)20-7-5-4-6-8-20;1-24-20(17-9-13-23-14-10-17)15-19(16-7-11-22-12-8-16)21(24)18-5-3-2-4-6-18;3*1-2/h3-9,12-13,16,19H,10-11,14-15H2,1-2H3;4-10,13-14,17,19H,3,11-12,15-16H2,1-2H3;2-8,11-12,15,17,23H,9-10,13-14H2,1H3;3*1-2H3. The van der Waals surface area contributed by atoms with Gasteiger partial charge in [0.1, 0.15) is 0 Å². The summed E-state index contributed by atoms with van der Waals surface area (Å²) < 4.78 is 7.18. The maximum atomic E-state index is 11.7. The molecular formula is C73H93N9O. The Labute approximate surface area is 497 Å². The second-order valence-electron chi connectivity index (χ2n) is 21.0. The first-order chi connectivity index (χ1) is 40.8. The Morgan fingerprint density at radius 3 is 1.00 bits per heavy atom. The van der Waals surface area contributed by atoms with Gasteiger partial charge in [-0.2, -0.15) is 0 Å². The topological polar surface area (TPSA) is 89.0 Å². The van der Waals surface area contributed by atoms with E-state index in [1.54, 1.807) is 6.92 Å². The van der Waals surface area contributed by atoms with Crippen LogP contribution in [0.4, 0.5) is 0 Å². The average molecular weight is 1110 g/mol. The molecule has 10 heteroatoms. The van der Waals surface area contributed by atoms with Crippen LogP contribution < -0.4 is 5.32 Å². The second kappa shape index (κ2) is 32.3. The van der Waals surface area contributed by atoms with Crippen LogP contribution in [0.3, 0.4) is 0 Å². The Morgan fingerprint density at radius 1 is 0.422 bits per heavy atom. The highest BCUT2D eigenvalue weighted by Gasteiger charge is 2.28. The molecule has 3 aromatic carbocycles. The Kier molecular flexibility index (Phi) is 24.5. The van der Waals surface area contributed by atoms with E-state index in [-0.39, 0.29) is 5.91 Å². The maximum absolute atomic E-state index is 11.7. The Hall–Kier alpha value is -7.66. The van der Waals surface area contributed by atoms with Gasteiger partial charge in [-0.05, 0) is 159 Å². The third kappa shape index (κ3) is 15.5. The third-order valence-electron chi connectivity index (χ3n) is 16.5. The van der Waals surface area contributed by atoms with E-state index < -0.39 is 0 Å². The van der Waals surface area contributed by atoms with E-state index in [4.69, 9.17) is 0 Å².